The zero-order valence-corrected chi connectivity index (χ0v) is 11.5. The number of likely N-dealkylation sites (tertiary alicyclic amines) is 1. The lowest BCUT2D eigenvalue weighted by Gasteiger charge is -2.30. The molecule has 0 radical (unpaired) electrons. The topological polar surface area (TPSA) is 103 Å². The van der Waals surface area contributed by atoms with Gasteiger partial charge < -0.3 is 15.4 Å². The smallest absolute Gasteiger partial charge is 0.308 e. The molecule has 0 atom stereocenters. The molecule has 0 aliphatic carbocycles. The lowest BCUT2D eigenvalue weighted by Crippen LogP contribution is -2.40. The van der Waals surface area contributed by atoms with Crippen LogP contribution in [0.5, 0.6) is 0 Å². The standard InChI is InChI=1S/C12H19N5O3/c1-20-12(19)9-2-5-16(6-3-9)11(18)10-8-17(7-4-13)15-14-10/h8-9H,2-7,13H2,1H3. The molecule has 1 aliphatic rings. The Bertz CT molecular complexity index is 479. The molecule has 20 heavy (non-hydrogen) atoms. The summed E-state index contributed by atoms with van der Waals surface area (Å²) in [6.07, 6.45) is 2.84. The number of ether oxygens (including phenoxy) is 1. The first-order valence-electron chi connectivity index (χ1n) is 6.63. The van der Waals surface area contributed by atoms with Crippen molar-refractivity contribution in [3.63, 3.8) is 0 Å². The summed E-state index contributed by atoms with van der Waals surface area (Å²) in [4.78, 5) is 25.3. The van der Waals surface area contributed by atoms with E-state index in [1.807, 2.05) is 0 Å². The summed E-state index contributed by atoms with van der Waals surface area (Å²) < 4.78 is 6.27. The van der Waals surface area contributed by atoms with Gasteiger partial charge in [0, 0.05) is 19.6 Å². The molecular weight excluding hydrogens is 262 g/mol. The van der Waals surface area contributed by atoms with Crippen LogP contribution in [-0.4, -0.2) is 58.5 Å². The van der Waals surface area contributed by atoms with Crippen molar-refractivity contribution < 1.29 is 14.3 Å². The lowest BCUT2D eigenvalue weighted by atomic mass is 9.97. The van der Waals surface area contributed by atoms with Crippen molar-refractivity contribution in [1.29, 1.82) is 0 Å². The highest BCUT2D eigenvalue weighted by Crippen LogP contribution is 2.19. The van der Waals surface area contributed by atoms with Gasteiger partial charge in [-0.15, -0.1) is 5.10 Å². The van der Waals surface area contributed by atoms with E-state index in [-0.39, 0.29) is 17.8 Å². The highest BCUT2D eigenvalue weighted by molar-refractivity contribution is 5.92. The quantitative estimate of drug-likeness (QED) is 0.729. The van der Waals surface area contributed by atoms with Gasteiger partial charge in [-0.3, -0.25) is 14.3 Å². The molecule has 8 heteroatoms. The average Bonchev–Trinajstić information content (AvgIpc) is 2.95. The highest BCUT2D eigenvalue weighted by atomic mass is 16.5. The maximum atomic E-state index is 12.2. The Kier molecular flexibility index (Phi) is 4.67. The lowest BCUT2D eigenvalue weighted by molar-refractivity contribution is -0.146. The van der Waals surface area contributed by atoms with E-state index < -0.39 is 0 Å². The van der Waals surface area contributed by atoms with Crippen LogP contribution in [0.4, 0.5) is 0 Å². The Labute approximate surface area is 116 Å². The van der Waals surface area contributed by atoms with Gasteiger partial charge in [-0.2, -0.15) is 0 Å². The number of nitrogens with two attached hydrogens (primary N) is 1. The molecule has 1 aromatic heterocycles. The molecule has 1 saturated heterocycles. The summed E-state index contributed by atoms with van der Waals surface area (Å²) in [5, 5.41) is 7.70. The van der Waals surface area contributed by atoms with Gasteiger partial charge in [0.25, 0.3) is 5.91 Å². The predicted octanol–water partition coefficient (Wildman–Crippen LogP) is -0.738. The van der Waals surface area contributed by atoms with E-state index in [1.54, 1.807) is 15.8 Å². The molecule has 2 rings (SSSR count). The molecule has 1 fully saturated rings. The van der Waals surface area contributed by atoms with Crippen molar-refractivity contribution in [2.24, 2.45) is 11.7 Å². The van der Waals surface area contributed by atoms with E-state index in [9.17, 15) is 9.59 Å². The van der Waals surface area contributed by atoms with Crippen molar-refractivity contribution in [1.82, 2.24) is 19.9 Å². The summed E-state index contributed by atoms with van der Waals surface area (Å²) in [6, 6.07) is 0. The minimum absolute atomic E-state index is 0.114. The number of nitrogens with zero attached hydrogens (tertiary/aromatic N) is 4. The zero-order chi connectivity index (χ0) is 14.5. The summed E-state index contributed by atoms with van der Waals surface area (Å²) in [5.41, 5.74) is 5.73. The number of methoxy groups -OCH3 is 1. The normalized spacial score (nSPS) is 16.2. The van der Waals surface area contributed by atoms with Crippen molar-refractivity contribution in [2.75, 3.05) is 26.7 Å². The number of carbonyl (C=O) groups is 2. The van der Waals surface area contributed by atoms with Crippen LogP contribution in [0.2, 0.25) is 0 Å². The van der Waals surface area contributed by atoms with Crippen molar-refractivity contribution in [3.8, 4) is 0 Å². The van der Waals surface area contributed by atoms with Crippen molar-refractivity contribution >= 4 is 11.9 Å². The van der Waals surface area contributed by atoms with Crippen LogP contribution in [0.1, 0.15) is 23.3 Å². The molecule has 1 amide bonds. The average molecular weight is 281 g/mol. The Balaban J connectivity index is 1.92. The molecule has 8 nitrogen and oxygen atoms in total. The third-order valence-electron chi connectivity index (χ3n) is 3.43. The Morgan fingerprint density at radius 1 is 1.45 bits per heavy atom. The van der Waals surface area contributed by atoms with Crippen LogP contribution in [-0.2, 0) is 16.1 Å². The number of aromatic nitrogens is 3. The van der Waals surface area contributed by atoms with E-state index in [4.69, 9.17) is 10.5 Å². The molecule has 110 valence electrons. The Hall–Kier alpha value is -1.96. The van der Waals surface area contributed by atoms with Gasteiger partial charge in [0.2, 0.25) is 0 Å². The first kappa shape index (κ1) is 14.4. The molecule has 0 unspecified atom stereocenters. The van der Waals surface area contributed by atoms with Gasteiger partial charge in [-0.05, 0) is 12.8 Å². The Morgan fingerprint density at radius 3 is 2.75 bits per heavy atom. The van der Waals surface area contributed by atoms with Crippen LogP contribution in [0.15, 0.2) is 6.20 Å². The number of carbonyl (C=O) groups excluding carboxylic acids is 2. The largest absolute Gasteiger partial charge is 0.469 e. The van der Waals surface area contributed by atoms with Gasteiger partial charge in [-0.1, -0.05) is 5.21 Å². The summed E-state index contributed by atoms with van der Waals surface area (Å²) in [7, 11) is 1.38. The van der Waals surface area contributed by atoms with Crippen molar-refractivity contribution in [3.05, 3.63) is 11.9 Å². The van der Waals surface area contributed by atoms with Gasteiger partial charge >= 0.3 is 5.97 Å². The van der Waals surface area contributed by atoms with Crippen LogP contribution in [0.3, 0.4) is 0 Å². The highest BCUT2D eigenvalue weighted by Gasteiger charge is 2.29. The number of hydrogen-bond donors (Lipinski definition) is 1. The SMILES string of the molecule is COC(=O)C1CCN(C(=O)c2cn(CCN)nn2)CC1. The monoisotopic (exact) mass is 281 g/mol. The maximum Gasteiger partial charge on any atom is 0.308 e. The Morgan fingerprint density at radius 2 is 2.15 bits per heavy atom. The fourth-order valence-electron chi connectivity index (χ4n) is 2.28. The second-order valence-corrected chi connectivity index (χ2v) is 4.75. The minimum atomic E-state index is -0.203. The summed E-state index contributed by atoms with van der Waals surface area (Å²) >= 11 is 0. The number of piperidine rings is 1. The van der Waals surface area contributed by atoms with Gasteiger partial charge in [-0.25, -0.2) is 0 Å². The van der Waals surface area contributed by atoms with Gasteiger partial charge in [0.15, 0.2) is 5.69 Å². The second-order valence-electron chi connectivity index (χ2n) is 4.75. The number of esters is 1. The molecule has 2 N–H and O–H groups in total. The summed E-state index contributed by atoms with van der Waals surface area (Å²) in [5.74, 6) is -0.473. The van der Waals surface area contributed by atoms with E-state index in [0.29, 0.717) is 44.7 Å². The molecule has 0 spiro atoms. The maximum absolute atomic E-state index is 12.2. The molecule has 1 aromatic rings. The third kappa shape index (κ3) is 3.13. The van der Waals surface area contributed by atoms with Gasteiger partial charge in [0.05, 0.1) is 25.8 Å². The first-order valence-corrected chi connectivity index (χ1v) is 6.63. The van der Waals surface area contributed by atoms with Gasteiger partial charge in [0.1, 0.15) is 0 Å². The fourth-order valence-corrected chi connectivity index (χ4v) is 2.28. The van der Waals surface area contributed by atoms with Crippen LogP contribution in [0.25, 0.3) is 0 Å². The van der Waals surface area contributed by atoms with Crippen LogP contribution >= 0.6 is 0 Å². The summed E-state index contributed by atoms with van der Waals surface area (Å²) in [6.45, 7) is 2.04. The molecule has 1 aliphatic heterocycles. The van der Waals surface area contributed by atoms with E-state index in [2.05, 4.69) is 10.3 Å². The zero-order valence-electron chi connectivity index (χ0n) is 11.5. The molecule has 2 heterocycles. The van der Waals surface area contributed by atoms with Crippen LogP contribution < -0.4 is 5.73 Å². The fraction of sp³-hybridized carbons (Fsp3) is 0.667. The molecular formula is C12H19N5O3. The van der Waals surface area contributed by atoms with E-state index >= 15 is 0 Å². The van der Waals surface area contributed by atoms with E-state index in [0.717, 1.165) is 0 Å². The molecule has 0 bridgehead atoms. The van der Waals surface area contributed by atoms with Crippen LogP contribution in [0, 0.1) is 5.92 Å². The molecule has 0 saturated carbocycles. The first-order chi connectivity index (χ1) is 9.65. The third-order valence-corrected chi connectivity index (χ3v) is 3.43. The molecule has 0 aromatic carbocycles. The number of hydrogen-bond acceptors (Lipinski definition) is 6. The minimum Gasteiger partial charge on any atom is -0.469 e. The number of amides is 1. The van der Waals surface area contributed by atoms with Crippen molar-refractivity contribution in [2.45, 2.75) is 19.4 Å². The second kappa shape index (κ2) is 6.47. The van der Waals surface area contributed by atoms with E-state index in [1.165, 1.54) is 7.11 Å². The predicted molar refractivity (Wildman–Crippen MR) is 69.7 cm³/mol. The number of rotatable bonds is 4.